The minimum atomic E-state index is -0.369. The third-order valence-corrected chi connectivity index (χ3v) is 7.18. The molecule has 2 amide bonds. The summed E-state index contributed by atoms with van der Waals surface area (Å²) < 4.78 is 1.99. The number of para-hydroxylation sites is 2. The lowest BCUT2D eigenvalue weighted by Crippen LogP contribution is -2.30. The smallest absolute Gasteiger partial charge is 0.268 e. The highest BCUT2D eigenvalue weighted by molar-refractivity contribution is 6.36. The molecule has 6 aromatic rings. The van der Waals surface area contributed by atoms with E-state index in [1.54, 1.807) is 18.2 Å². The normalized spacial score (nSPS) is 12.8. The fourth-order valence-corrected chi connectivity index (χ4v) is 5.58. The third kappa shape index (κ3) is 2.98. The first kappa shape index (κ1) is 21.8. The van der Waals surface area contributed by atoms with E-state index in [4.69, 9.17) is 0 Å². The third-order valence-electron chi connectivity index (χ3n) is 7.18. The van der Waals surface area contributed by atoms with E-state index in [0.29, 0.717) is 28.1 Å². The van der Waals surface area contributed by atoms with Crippen molar-refractivity contribution in [3.05, 3.63) is 132 Å². The quantitative estimate of drug-likeness (QED) is 0.249. The minimum absolute atomic E-state index is 0.352. The maximum Gasteiger partial charge on any atom is 0.268 e. The highest BCUT2D eigenvalue weighted by Crippen LogP contribution is 2.40. The summed E-state index contributed by atoms with van der Waals surface area (Å²) in [4.78, 5) is 29.2. The van der Waals surface area contributed by atoms with Gasteiger partial charge in [0.2, 0.25) is 0 Å². The van der Waals surface area contributed by atoms with Crippen LogP contribution in [0.2, 0.25) is 0 Å². The molecular formula is C33H19N3O2. The number of aromatic nitrogens is 1. The Morgan fingerprint density at radius 2 is 1.24 bits per heavy atom. The van der Waals surface area contributed by atoms with E-state index in [9.17, 15) is 14.9 Å². The number of nitriles is 1. The fourth-order valence-electron chi connectivity index (χ4n) is 5.58. The zero-order valence-electron chi connectivity index (χ0n) is 20.1. The van der Waals surface area contributed by atoms with E-state index in [1.165, 1.54) is 4.90 Å². The van der Waals surface area contributed by atoms with Gasteiger partial charge < -0.3 is 4.57 Å². The van der Waals surface area contributed by atoms with Gasteiger partial charge in [0.05, 0.1) is 45.2 Å². The Kier molecular flexibility index (Phi) is 4.75. The molecule has 5 aromatic carbocycles. The van der Waals surface area contributed by atoms with Crippen LogP contribution in [0.15, 0.2) is 115 Å². The van der Waals surface area contributed by atoms with Crippen LogP contribution in [0.1, 0.15) is 26.3 Å². The van der Waals surface area contributed by atoms with E-state index >= 15 is 0 Å². The van der Waals surface area contributed by atoms with Crippen molar-refractivity contribution in [2.24, 2.45) is 0 Å². The van der Waals surface area contributed by atoms with Crippen molar-refractivity contribution in [3.63, 3.8) is 0 Å². The lowest BCUT2D eigenvalue weighted by Gasteiger charge is -2.18. The van der Waals surface area contributed by atoms with Crippen molar-refractivity contribution in [1.29, 1.82) is 5.26 Å². The summed E-state index contributed by atoms with van der Waals surface area (Å²) in [6.07, 6.45) is 0. The highest BCUT2D eigenvalue weighted by Gasteiger charge is 2.40. The predicted octanol–water partition coefficient (Wildman–Crippen LogP) is 7.12. The van der Waals surface area contributed by atoms with Crippen LogP contribution in [-0.4, -0.2) is 16.4 Å². The molecule has 0 fully saturated rings. The summed E-state index contributed by atoms with van der Waals surface area (Å²) in [5.74, 6) is -0.722. The average molecular weight is 490 g/mol. The molecule has 0 saturated carbocycles. The molecule has 1 aromatic heterocycles. The molecule has 0 bridgehead atoms. The van der Waals surface area contributed by atoms with Gasteiger partial charge in [-0.1, -0.05) is 78.9 Å². The Morgan fingerprint density at radius 3 is 2.08 bits per heavy atom. The van der Waals surface area contributed by atoms with Gasteiger partial charge in [-0.3, -0.25) is 9.59 Å². The van der Waals surface area contributed by atoms with Gasteiger partial charge in [0.15, 0.2) is 0 Å². The Balaban J connectivity index is 1.48. The molecule has 0 spiro atoms. The molecule has 0 N–H and O–H groups in total. The summed E-state index contributed by atoms with van der Waals surface area (Å²) in [6, 6.07) is 38.3. The number of rotatable bonds is 3. The van der Waals surface area contributed by atoms with Crippen molar-refractivity contribution in [2.75, 3.05) is 4.90 Å². The van der Waals surface area contributed by atoms with Crippen molar-refractivity contribution >= 4 is 39.3 Å². The molecule has 178 valence electrons. The Morgan fingerprint density at radius 1 is 0.579 bits per heavy atom. The van der Waals surface area contributed by atoms with Gasteiger partial charge in [-0.25, -0.2) is 4.90 Å². The number of hydrogen-bond donors (Lipinski definition) is 0. The maximum atomic E-state index is 14.1. The zero-order chi connectivity index (χ0) is 25.8. The minimum Gasteiger partial charge on any atom is -0.308 e. The first-order chi connectivity index (χ1) is 18.7. The number of benzene rings is 5. The van der Waals surface area contributed by atoms with Crippen LogP contribution in [0, 0.1) is 11.3 Å². The number of hydrogen-bond acceptors (Lipinski definition) is 3. The van der Waals surface area contributed by atoms with E-state index in [1.807, 2.05) is 102 Å². The number of amides is 2. The Labute approximate surface area is 218 Å². The molecule has 0 radical (unpaired) electrons. The van der Waals surface area contributed by atoms with Crippen molar-refractivity contribution in [1.82, 2.24) is 4.57 Å². The average Bonchev–Trinajstić information content (AvgIpc) is 3.44. The summed E-state index contributed by atoms with van der Waals surface area (Å²) in [5.41, 5.74) is 5.83. The summed E-state index contributed by atoms with van der Waals surface area (Å²) in [7, 11) is 0. The topological polar surface area (TPSA) is 66.1 Å². The van der Waals surface area contributed by atoms with Gasteiger partial charge in [-0.2, -0.15) is 5.26 Å². The number of imide groups is 1. The number of nitrogens with zero attached hydrogens (tertiary/aromatic N) is 3. The van der Waals surface area contributed by atoms with Crippen molar-refractivity contribution in [3.8, 4) is 22.9 Å². The van der Waals surface area contributed by atoms with Crippen molar-refractivity contribution in [2.45, 2.75) is 0 Å². The van der Waals surface area contributed by atoms with Crippen molar-refractivity contribution < 1.29 is 9.59 Å². The van der Waals surface area contributed by atoms with Crippen LogP contribution in [-0.2, 0) is 0 Å². The maximum absolute atomic E-state index is 14.1. The second-order valence-electron chi connectivity index (χ2n) is 9.19. The van der Waals surface area contributed by atoms with Gasteiger partial charge in [0, 0.05) is 16.3 Å². The van der Waals surface area contributed by atoms with Gasteiger partial charge in [-0.05, 0) is 42.0 Å². The molecule has 0 atom stereocenters. The largest absolute Gasteiger partial charge is 0.308 e. The zero-order valence-corrected chi connectivity index (χ0v) is 20.1. The predicted molar refractivity (Wildman–Crippen MR) is 149 cm³/mol. The molecule has 7 rings (SSSR count). The first-order valence-electron chi connectivity index (χ1n) is 12.3. The van der Waals surface area contributed by atoms with Crippen LogP contribution < -0.4 is 4.90 Å². The van der Waals surface area contributed by atoms with Crippen LogP contribution in [0.5, 0.6) is 0 Å². The monoisotopic (exact) mass is 489 g/mol. The molecule has 5 nitrogen and oxygen atoms in total. The van der Waals surface area contributed by atoms with Gasteiger partial charge in [-0.15, -0.1) is 0 Å². The molecule has 0 saturated heterocycles. The summed E-state index contributed by atoms with van der Waals surface area (Å²) in [6.45, 7) is 0. The van der Waals surface area contributed by atoms with E-state index in [0.717, 1.165) is 32.9 Å². The van der Waals surface area contributed by atoms with E-state index in [2.05, 4.69) is 6.07 Å². The molecule has 1 aliphatic heterocycles. The second kappa shape index (κ2) is 8.29. The molecular weight excluding hydrogens is 470 g/mol. The Bertz CT molecular complexity index is 1980. The fraction of sp³-hybridized carbons (Fsp3) is 0. The van der Waals surface area contributed by atoms with Gasteiger partial charge >= 0.3 is 0 Å². The first-order valence-corrected chi connectivity index (χ1v) is 12.3. The summed E-state index contributed by atoms with van der Waals surface area (Å²) in [5, 5.41) is 11.6. The molecule has 0 unspecified atom stereocenters. The van der Waals surface area contributed by atoms with Gasteiger partial charge in [0.1, 0.15) is 0 Å². The van der Waals surface area contributed by atoms with Crippen LogP contribution >= 0.6 is 0 Å². The molecule has 5 heteroatoms. The van der Waals surface area contributed by atoms with Gasteiger partial charge in [0.25, 0.3) is 11.8 Å². The van der Waals surface area contributed by atoms with Crippen LogP contribution in [0.25, 0.3) is 38.6 Å². The lowest BCUT2D eigenvalue weighted by atomic mass is 10.0. The number of carbonyl (C=O) groups excluding carboxylic acids is 2. The highest BCUT2D eigenvalue weighted by atomic mass is 16.2. The standard InChI is InChI=1S/C33H19N3O2/c34-20-22-12-8-18-28-30(22)24-14-5-7-17-27(24)35(28)29-19-9-15-25-31(29)33(38)36(32(25)37)26-16-6-4-13-23(26)21-10-2-1-3-11-21/h1-19H. The number of carbonyl (C=O) groups is 2. The molecule has 38 heavy (non-hydrogen) atoms. The lowest BCUT2D eigenvalue weighted by molar-refractivity contribution is 0.0926. The number of fused-ring (bicyclic) bond motifs is 4. The molecule has 1 aliphatic rings. The Hall–Kier alpha value is -5.47. The van der Waals surface area contributed by atoms with E-state index < -0.39 is 0 Å². The van der Waals surface area contributed by atoms with Crippen LogP contribution in [0.3, 0.4) is 0 Å². The molecule has 0 aliphatic carbocycles. The van der Waals surface area contributed by atoms with Crippen LogP contribution in [0.4, 0.5) is 5.69 Å². The number of anilines is 1. The summed E-state index contributed by atoms with van der Waals surface area (Å²) >= 11 is 0. The SMILES string of the molecule is N#Cc1cccc2c1c1ccccc1n2-c1cccc2c1C(=O)N(c1ccccc1-c1ccccc1)C2=O. The second-order valence-corrected chi connectivity index (χ2v) is 9.19. The van der Waals surface area contributed by atoms with E-state index in [-0.39, 0.29) is 11.8 Å². The molecule has 2 heterocycles.